The Hall–Kier alpha value is -1.12. The summed E-state index contributed by atoms with van der Waals surface area (Å²) in [4.78, 5) is 23.1. The van der Waals surface area contributed by atoms with Crippen LogP contribution in [0.15, 0.2) is 12.7 Å². The number of Topliss-reactive ketones (excluding diaryl/α,β-unsaturated/α-hetero) is 1. The number of hydrogen-bond donors (Lipinski definition) is 0. The van der Waals surface area contributed by atoms with Crippen LogP contribution in [-0.4, -0.2) is 18.4 Å². The van der Waals surface area contributed by atoms with Gasteiger partial charge in [0, 0.05) is 18.3 Å². The molecule has 1 aliphatic rings. The SMILES string of the molecule is C=C[C@@]1(C)CC(=O)CC[C@@H]1C(=O)OCC. The fraction of sp³-hybridized carbons (Fsp3) is 0.667. The molecule has 0 unspecified atom stereocenters. The van der Waals surface area contributed by atoms with E-state index in [1.54, 1.807) is 13.0 Å². The van der Waals surface area contributed by atoms with Crippen LogP contribution in [0.3, 0.4) is 0 Å². The zero-order valence-corrected chi connectivity index (χ0v) is 9.41. The lowest BCUT2D eigenvalue weighted by atomic mass is 9.67. The number of ketones is 1. The van der Waals surface area contributed by atoms with Gasteiger partial charge in [-0.15, -0.1) is 6.58 Å². The number of ether oxygens (including phenoxy) is 1. The summed E-state index contributed by atoms with van der Waals surface area (Å²) in [5.74, 6) is -0.210. The molecular formula is C12H18O3. The zero-order chi connectivity index (χ0) is 11.5. The van der Waals surface area contributed by atoms with Gasteiger partial charge >= 0.3 is 5.97 Å². The summed E-state index contributed by atoms with van der Waals surface area (Å²) in [5.41, 5.74) is -0.429. The second-order valence-corrected chi connectivity index (χ2v) is 4.27. The van der Waals surface area contributed by atoms with Crippen molar-refractivity contribution < 1.29 is 14.3 Å². The fourth-order valence-electron chi connectivity index (χ4n) is 2.12. The van der Waals surface area contributed by atoms with E-state index in [1.165, 1.54) is 0 Å². The average molecular weight is 210 g/mol. The smallest absolute Gasteiger partial charge is 0.309 e. The van der Waals surface area contributed by atoms with E-state index >= 15 is 0 Å². The molecule has 0 saturated heterocycles. The van der Waals surface area contributed by atoms with Crippen LogP contribution in [0.1, 0.15) is 33.1 Å². The average Bonchev–Trinajstić information content (AvgIpc) is 2.18. The van der Waals surface area contributed by atoms with Gasteiger partial charge in [0.25, 0.3) is 0 Å². The van der Waals surface area contributed by atoms with Gasteiger partial charge in [-0.2, -0.15) is 0 Å². The van der Waals surface area contributed by atoms with Crippen LogP contribution in [0, 0.1) is 11.3 Å². The van der Waals surface area contributed by atoms with Crippen LogP contribution in [-0.2, 0) is 14.3 Å². The lowest BCUT2D eigenvalue weighted by Gasteiger charge is -2.36. The third-order valence-corrected chi connectivity index (χ3v) is 3.12. The predicted octanol–water partition coefficient (Wildman–Crippen LogP) is 2.11. The maximum absolute atomic E-state index is 11.7. The van der Waals surface area contributed by atoms with Gasteiger partial charge in [-0.05, 0) is 13.3 Å². The van der Waals surface area contributed by atoms with E-state index in [-0.39, 0.29) is 17.7 Å². The van der Waals surface area contributed by atoms with Crippen LogP contribution >= 0.6 is 0 Å². The van der Waals surface area contributed by atoms with Gasteiger partial charge in [0.15, 0.2) is 0 Å². The first-order valence-corrected chi connectivity index (χ1v) is 5.35. The van der Waals surface area contributed by atoms with Crippen LogP contribution in [0.5, 0.6) is 0 Å². The Balaban J connectivity index is 2.82. The van der Waals surface area contributed by atoms with Crippen molar-refractivity contribution in [3.8, 4) is 0 Å². The van der Waals surface area contributed by atoms with Crippen LogP contribution in [0.2, 0.25) is 0 Å². The van der Waals surface area contributed by atoms with Crippen molar-refractivity contribution in [3.63, 3.8) is 0 Å². The lowest BCUT2D eigenvalue weighted by molar-refractivity contribution is -0.154. The number of allylic oxidation sites excluding steroid dienone is 1. The number of carbonyl (C=O) groups excluding carboxylic acids is 2. The molecule has 3 heteroatoms. The maximum Gasteiger partial charge on any atom is 0.309 e. The molecule has 0 bridgehead atoms. The van der Waals surface area contributed by atoms with Crippen molar-refractivity contribution in [2.75, 3.05) is 6.61 Å². The van der Waals surface area contributed by atoms with Crippen molar-refractivity contribution in [3.05, 3.63) is 12.7 Å². The molecule has 0 spiro atoms. The minimum Gasteiger partial charge on any atom is -0.466 e. The molecule has 0 radical (unpaired) electrons. The summed E-state index contributed by atoms with van der Waals surface area (Å²) in [6, 6.07) is 0. The molecule has 1 rings (SSSR count). The fourth-order valence-corrected chi connectivity index (χ4v) is 2.12. The predicted molar refractivity (Wildman–Crippen MR) is 57.3 cm³/mol. The van der Waals surface area contributed by atoms with Crippen molar-refractivity contribution >= 4 is 11.8 Å². The molecule has 1 saturated carbocycles. The Morgan fingerprint density at radius 2 is 2.40 bits per heavy atom. The Morgan fingerprint density at radius 3 is 2.93 bits per heavy atom. The van der Waals surface area contributed by atoms with Crippen molar-refractivity contribution in [2.24, 2.45) is 11.3 Å². The van der Waals surface area contributed by atoms with Gasteiger partial charge in [0.05, 0.1) is 12.5 Å². The highest BCUT2D eigenvalue weighted by atomic mass is 16.5. The van der Waals surface area contributed by atoms with Crippen LogP contribution < -0.4 is 0 Å². The highest BCUT2D eigenvalue weighted by Gasteiger charge is 2.42. The molecule has 0 aliphatic heterocycles. The van der Waals surface area contributed by atoms with Crippen LogP contribution in [0.4, 0.5) is 0 Å². The third-order valence-electron chi connectivity index (χ3n) is 3.12. The highest BCUT2D eigenvalue weighted by molar-refractivity contribution is 5.84. The number of rotatable bonds is 3. The lowest BCUT2D eigenvalue weighted by Crippen LogP contribution is -2.39. The molecule has 1 fully saturated rings. The standard InChI is InChI=1S/C12H18O3/c1-4-12(3)8-9(13)6-7-10(12)11(14)15-5-2/h4,10H,1,5-8H2,2-3H3/t10-,12+/m1/s1. The molecule has 1 aliphatic carbocycles. The first-order chi connectivity index (χ1) is 7.03. The number of carbonyl (C=O) groups is 2. The molecule has 0 heterocycles. The summed E-state index contributed by atoms with van der Waals surface area (Å²) < 4.78 is 5.02. The van der Waals surface area contributed by atoms with Gasteiger partial charge in [0.1, 0.15) is 5.78 Å². The van der Waals surface area contributed by atoms with E-state index in [0.717, 1.165) is 0 Å². The van der Waals surface area contributed by atoms with Gasteiger partial charge in [-0.1, -0.05) is 13.0 Å². The van der Waals surface area contributed by atoms with E-state index in [9.17, 15) is 9.59 Å². The quantitative estimate of drug-likeness (QED) is 0.529. The molecule has 0 N–H and O–H groups in total. The van der Waals surface area contributed by atoms with E-state index in [1.807, 2.05) is 6.92 Å². The van der Waals surface area contributed by atoms with Crippen molar-refractivity contribution in [1.82, 2.24) is 0 Å². The summed E-state index contributed by atoms with van der Waals surface area (Å²) in [5, 5.41) is 0. The molecular weight excluding hydrogens is 192 g/mol. The molecule has 2 atom stereocenters. The Morgan fingerprint density at radius 1 is 1.73 bits per heavy atom. The summed E-state index contributed by atoms with van der Waals surface area (Å²) in [6.45, 7) is 7.80. The molecule has 0 amide bonds. The summed E-state index contributed by atoms with van der Waals surface area (Å²) in [7, 11) is 0. The van der Waals surface area contributed by atoms with Crippen LogP contribution in [0.25, 0.3) is 0 Å². The zero-order valence-electron chi connectivity index (χ0n) is 9.41. The van der Waals surface area contributed by atoms with Gasteiger partial charge in [0.2, 0.25) is 0 Å². The second kappa shape index (κ2) is 4.60. The molecule has 15 heavy (non-hydrogen) atoms. The largest absolute Gasteiger partial charge is 0.466 e. The van der Waals surface area contributed by atoms with E-state index in [4.69, 9.17) is 4.74 Å². The molecule has 0 aromatic carbocycles. The number of esters is 1. The molecule has 3 nitrogen and oxygen atoms in total. The minimum absolute atomic E-state index is 0.201. The minimum atomic E-state index is -0.429. The Bertz CT molecular complexity index is 283. The third kappa shape index (κ3) is 2.46. The van der Waals surface area contributed by atoms with Gasteiger partial charge < -0.3 is 4.74 Å². The maximum atomic E-state index is 11.7. The monoisotopic (exact) mass is 210 g/mol. The van der Waals surface area contributed by atoms with E-state index < -0.39 is 5.41 Å². The first kappa shape index (κ1) is 12.0. The first-order valence-electron chi connectivity index (χ1n) is 5.35. The second-order valence-electron chi connectivity index (χ2n) is 4.27. The van der Waals surface area contributed by atoms with Gasteiger partial charge in [-0.25, -0.2) is 0 Å². The highest BCUT2D eigenvalue weighted by Crippen LogP contribution is 2.41. The molecule has 84 valence electrons. The Labute approximate surface area is 90.5 Å². The topological polar surface area (TPSA) is 43.4 Å². The summed E-state index contributed by atoms with van der Waals surface area (Å²) >= 11 is 0. The Kier molecular flexibility index (Phi) is 3.66. The van der Waals surface area contributed by atoms with E-state index in [0.29, 0.717) is 25.9 Å². The van der Waals surface area contributed by atoms with E-state index in [2.05, 4.69) is 6.58 Å². The van der Waals surface area contributed by atoms with Crippen molar-refractivity contribution in [2.45, 2.75) is 33.1 Å². The summed E-state index contributed by atoms with van der Waals surface area (Å²) in [6.07, 6.45) is 3.18. The molecule has 0 aromatic rings. The van der Waals surface area contributed by atoms with Crippen molar-refractivity contribution in [1.29, 1.82) is 0 Å². The van der Waals surface area contributed by atoms with Gasteiger partial charge in [-0.3, -0.25) is 9.59 Å². The number of hydrogen-bond acceptors (Lipinski definition) is 3. The normalized spacial score (nSPS) is 31.1. The molecule has 0 aromatic heterocycles.